The summed E-state index contributed by atoms with van der Waals surface area (Å²) in [6, 6.07) is 0. The first-order valence-corrected chi connectivity index (χ1v) is 7.47. The topological polar surface area (TPSA) is 73.0 Å². The number of aromatic nitrogens is 2. The highest BCUT2D eigenvalue weighted by molar-refractivity contribution is 5.94. The number of amides is 1. The Kier molecular flexibility index (Phi) is 4.03. The Balaban J connectivity index is 1.55. The number of aromatic amines is 1. The van der Waals surface area contributed by atoms with Gasteiger partial charge in [0.15, 0.2) is 5.69 Å². The Hall–Kier alpha value is -1.40. The van der Waals surface area contributed by atoms with E-state index in [1.807, 2.05) is 0 Å². The largest absolute Gasteiger partial charge is 0.350 e. The van der Waals surface area contributed by atoms with Crippen LogP contribution in [0.25, 0.3) is 0 Å². The van der Waals surface area contributed by atoms with Gasteiger partial charge in [-0.05, 0) is 38.9 Å². The van der Waals surface area contributed by atoms with Crippen molar-refractivity contribution in [3.05, 3.63) is 17.0 Å². The van der Waals surface area contributed by atoms with Crippen LogP contribution in [0.3, 0.4) is 0 Å². The van der Waals surface area contributed by atoms with E-state index in [1.165, 1.54) is 0 Å². The van der Waals surface area contributed by atoms with E-state index in [-0.39, 0.29) is 5.91 Å². The maximum absolute atomic E-state index is 12.3. The van der Waals surface area contributed by atoms with E-state index in [9.17, 15) is 4.79 Å². The van der Waals surface area contributed by atoms with Gasteiger partial charge < -0.3 is 15.5 Å². The molecular weight excluding hydrogens is 254 g/mol. The van der Waals surface area contributed by atoms with Gasteiger partial charge in [0, 0.05) is 37.3 Å². The molecule has 0 atom stereocenters. The minimum Gasteiger partial charge on any atom is -0.350 e. The Morgan fingerprint density at radius 1 is 1.45 bits per heavy atom. The molecule has 110 valence electrons. The Labute approximate surface area is 119 Å². The second kappa shape index (κ2) is 5.93. The normalized spacial score (nSPS) is 20.6. The smallest absolute Gasteiger partial charge is 0.272 e. The summed E-state index contributed by atoms with van der Waals surface area (Å²) < 4.78 is 0. The molecule has 3 rings (SSSR count). The molecule has 0 saturated carbocycles. The number of rotatable bonds is 3. The molecular formula is C14H23N5O. The SMILES string of the molecule is CN1CCC(CNC(=O)c2n[nH]c3c2CNCC3)CC1. The van der Waals surface area contributed by atoms with E-state index in [4.69, 9.17) is 0 Å². The van der Waals surface area contributed by atoms with Crippen LogP contribution in [0, 0.1) is 5.92 Å². The minimum atomic E-state index is -0.0369. The van der Waals surface area contributed by atoms with Crippen LogP contribution in [0.5, 0.6) is 0 Å². The van der Waals surface area contributed by atoms with Gasteiger partial charge in [-0.15, -0.1) is 0 Å². The van der Waals surface area contributed by atoms with E-state index >= 15 is 0 Å². The standard InChI is InChI=1S/C14H23N5O/c1-19-6-3-10(4-7-19)8-16-14(20)13-11-9-15-5-2-12(11)17-18-13/h10,15H,2-9H2,1H3,(H,16,20)(H,17,18). The molecule has 6 heteroatoms. The molecule has 3 N–H and O–H groups in total. The van der Waals surface area contributed by atoms with Crippen LogP contribution in [0.15, 0.2) is 0 Å². The van der Waals surface area contributed by atoms with E-state index < -0.39 is 0 Å². The number of fused-ring (bicyclic) bond motifs is 1. The molecule has 20 heavy (non-hydrogen) atoms. The molecule has 6 nitrogen and oxygen atoms in total. The lowest BCUT2D eigenvalue weighted by molar-refractivity contribution is 0.0933. The second-order valence-electron chi connectivity index (χ2n) is 5.91. The van der Waals surface area contributed by atoms with Gasteiger partial charge in [-0.3, -0.25) is 9.89 Å². The molecule has 2 aliphatic heterocycles. The monoisotopic (exact) mass is 277 g/mol. The predicted octanol–water partition coefficient (Wildman–Crippen LogP) is 0.127. The summed E-state index contributed by atoms with van der Waals surface area (Å²) >= 11 is 0. The van der Waals surface area contributed by atoms with Crippen LogP contribution in [-0.2, 0) is 13.0 Å². The molecule has 0 unspecified atom stereocenters. The summed E-state index contributed by atoms with van der Waals surface area (Å²) in [5.74, 6) is 0.563. The van der Waals surface area contributed by atoms with Gasteiger partial charge >= 0.3 is 0 Å². The quantitative estimate of drug-likeness (QED) is 0.734. The number of piperidine rings is 1. The van der Waals surface area contributed by atoms with Crippen LogP contribution in [-0.4, -0.2) is 54.2 Å². The summed E-state index contributed by atoms with van der Waals surface area (Å²) in [5.41, 5.74) is 2.71. The molecule has 0 aliphatic carbocycles. The lowest BCUT2D eigenvalue weighted by Gasteiger charge is -2.28. The zero-order chi connectivity index (χ0) is 13.9. The fourth-order valence-corrected chi connectivity index (χ4v) is 3.00. The Morgan fingerprint density at radius 3 is 3.05 bits per heavy atom. The molecule has 1 fully saturated rings. The number of hydrogen-bond acceptors (Lipinski definition) is 4. The van der Waals surface area contributed by atoms with E-state index in [2.05, 4.69) is 32.8 Å². The third-order valence-corrected chi connectivity index (χ3v) is 4.41. The fourth-order valence-electron chi connectivity index (χ4n) is 3.00. The number of likely N-dealkylation sites (tertiary alicyclic amines) is 1. The summed E-state index contributed by atoms with van der Waals surface area (Å²) in [4.78, 5) is 14.6. The minimum absolute atomic E-state index is 0.0369. The molecule has 0 radical (unpaired) electrons. The lowest BCUT2D eigenvalue weighted by Crippen LogP contribution is -2.37. The van der Waals surface area contributed by atoms with Crippen LogP contribution < -0.4 is 10.6 Å². The first kappa shape index (κ1) is 13.6. The van der Waals surface area contributed by atoms with Crippen molar-refractivity contribution in [2.75, 3.05) is 33.2 Å². The maximum atomic E-state index is 12.3. The zero-order valence-electron chi connectivity index (χ0n) is 12.0. The highest BCUT2D eigenvalue weighted by atomic mass is 16.1. The summed E-state index contributed by atoms with van der Waals surface area (Å²) in [5, 5.41) is 13.5. The first-order valence-electron chi connectivity index (χ1n) is 7.47. The van der Waals surface area contributed by atoms with Crippen LogP contribution in [0.4, 0.5) is 0 Å². The van der Waals surface area contributed by atoms with Crippen molar-refractivity contribution < 1.29 is 4.79 Å². The second-order valence-corrected chi connectivity index (χ2v) is 5.91. The zero-order valence-corrected chi connectivity index (χ0v) is 12.0. The molecule has 1 saturated heterocycles. The van der Waals surface area contributed by atoms with Gasteiger partial charge in [0.05, 0.1) is 0 Å². The average molecular weight is 277 g/mol. The number of H-pyrrole nitrogens is 1. The molecule has 1 amide bonds. The van der Waals surface area contributed by atoms with Crippen molar-refractivity contribution in [3.63, 3.8) is 0 Å². The van der Waals surface area contributed by atoms with E-state index in [0.29, 0.717) is 11.6 Å². The van der Waals surface area contributed by atoms with Crippen molar-refractivity contribution in [1.29, 1.82) is 0 Å². The molecule has 0 aromatic carbocycles. The molecule has 0 bridgehead atoms. The third-order valence-electron chi connectivity index (χ3n) is 4.41. The van der Waals surface area contributed by atoms with Gasteiger partial charge in [-0.2, -0.15) is 5.10 Å². The fraction of sp³-hybridized carbons (Fsp3) is 0.714. The Morgan fingerprint density at radius 2 is 2.25 bits per heavy atom. The highest BCUT2D eigenvalue weighted by Gasteiger charge is 2.23. The van der Waals surface area contributed by atoms with Gasteiger partial charge in [0.25, 0.3) is 5.91 Å². The van der Waals surface area contributed by atoms with E-state index in [1.54, 1.807) is 0 Å². The van der Waals surface area contributed by atoms with Gasteiger partial charge in [-0.25, -0.2) is 0 Å². The van der Waals surface area contributed by atoms with Crippen molar-refractivity contribution in [2.45, 2.75) is 25.8 Å². The lowest BCUT2D eigenvalue weighted by atomic mass is 9.97. The summed E-state index contributed by atoms with van der Waals surface area (Å²) in [6.07, 6.45) is 3.25. The highest BCUT2D eigenvalue weighted by Crippen LogP contribution is 2.17. The number of hydrogen-bond donors (Lipinski definition) is 3. The van der Waals surface area contributed by atoms with Crippen molar-refractivity contribution in [1.82, 2.24) is 25.7 Å². The molecule has 1 aromatic rings. The summed E-state index contributed by atoms with van der Waals surface area (Å²) in [7, 11) is 2.15. The molecule has 2 aliphatic rings. The average Bonchev–Trinajstić information content (AvgIpc) is 2.90. The van der Waals surface area contributed by atoms with Crippen molar-refractivity contribution in [2.24, 2.45) is 5.92 Å². The molecule has 1 aromatic heterocycles. The first-order chi connectivity index (χ1) is 9.74. The number of carbonyl (C=O) groups is 1. The third kappa shape index (κ3) is 2.86. The predicted molar refractivity (Wildman–Crippen MR) is 76.6 cm³/mol. The summed E-state index contributed by atoms with van der Waals surface area (Å²) in [6.45, 7) is 4.71. The molecule has 3 heterocycles. The number of nitrogens with zero attached hydrogens (tertiary/aromatic N) is 2. The van der Waals surface area contributed by atoms with Gasteiger partial charge in [0.2, 0.25) is 0 Å². The number of nitrogens with one attached hydrogen (secondary N) is 3. The van der Waals surface area contributed by atoms with Crippen LogP contribution in [0.1, 0.15) is 34.6 Å². The van der Waals surface area contributed by atoms with E-state index in [0.717, 1.165) is 63.2 Å². The van der Waals surface area contributed by atoms with Crippen LogP contribution >= 0.6 is 0 Å². The number of carbonyl (C=O) groups excluding carboxylic acids is 1. The Bertz CT molecular complexity index is 476. The maximum Gasteiger partial charge on any atom is 0.272 e. The van der Waals surface area contributed by atoms with Crippen molar-refractivity contribution >= 4 is 5.91 Å². The van der Waals surface area contributed by atoms with Gasteiger partial charge in [-0.1, -0.05) is 0 Å². The van der Waals surface area contributed by atoms with Crippen molar-refractivity contribution in [3.8, 4) is 0 Å². The van der Waals surface area contributed by atoms with Crippen LogP contribution in [0.2, 0.25) is 0 Å². The molecule has 0 spiro atoms. The van der Waals surface area contributed by atoms with Gasteiger partial charge in [0.1, 0.15) is 0 Å².